The summed E-state index contributed by atoms with van der Waals surface area (Å²) in [7, 11) is 0. The Morgan fingerprint density at radius 1 is 1.12 bits per heavy atom. The normalized spacial score (nSPS) is 11.7. The van der Waals surface area contributed by atoms with Gasteiger partial charge in [-0.3, -0.25) is 14.4 Å². The molecule has 0 radical (unpaired) electrons. The molecule has 1 aromatic rings. The smallest absolute Gasteiger partial charge is 0.340 e. The van der Waals surface area contributed by atoms with Crippen LogP contribution in [-0.2, 0) is 15.8 Å². The molecule has 1 aromatic carbocycles. The maximum Gasteiger partial charge on any atom is 0.416 e. The third-order valence-corrected chi connectivity index (χ3v) is 3.34. The van der Waals surface area contributed by atoms with E-state index in [1.807, 2.05) is 33.2 Å². The molecular weight excluding hydrogens is 349 g/mol. The molecule has 0 unspecified atom stereocenters. The summed E-state index contributed by atoms with van der Waals surface area (Å²) in [5, 5.41) is 0. The average molecular weight is 374 g/mol. The van der Waals surface area contributed by atoms with Crippen LogP contribution < -0.4 is 5.48 Å². The van der Waals surface area contributed by atoms with Gasteiger partial charge in [-0.1, -0.05) is 33.8 Å². The number of nitrogens with zero attached hydrogens (tertiary/aromatic N) is 1. The van der Waals surface area contributed by atoms with E-state index in [1.54, 1.807) is 4.90 Å². The van der Waals surface area contributed by atoms with Crippen molar-refractivity contribution in [2.45, 2.75) is 33.9 Å². The van der Waals surface area contributed by atoms with Crippen molar-refractivity contribution in [3.8, 4) is 0 Å². The van der Waals surface area contributed by atoms with E-state index in [4.69, 9.17) is 4.84 Å². The zero-order valence-electron chi connectivity index (χ0n) is 15.4. The van der Waals surface area contributed by atoms with Gasteiger partial charge in [0.1, 0.15) is 0 Å². The Balaban J connectivity index is 2.60. The van der Waals surface area contributed by atoms with Crippen molar-refractivity contribution >= 4 is 11.8 Å². The van der Waals surface area contributed by atoms with Gasteiger partial charge in [-0.05, 0) is 30.0 Å². The fraction of sp³-hybridized carbons (Fsp3) is 0.556. The van der Waals surface area contributed by atoms with Crippen molar-refractivity contribution in [3.05, 3.63) is 35.4 Å². The number of carbonyl (C=O) groups is 2. The van der Waals surface area contributed by atoms with Crippen LogP contribution in [0.15, 0.2) is 24.3 Å². The van der Waals surface area contributed by atoms with Crippen LogP contribution in [0.3, 0.4) is 0 Å². The lowest BCUT2D eigenvalue weighted by Gasteiger charge is -2.26. The van der Waals surface area contributed by atoms with E-state index < -0.39 is 17.6 Å². The maximum absolute atomic E-state index is 12.7. The van der Waals surface area contributed by atoms with Crippen molar-refractivity contribution in [2.75, 3.05) is 19.7 Å². The molecule has 0 aliphatic heterocycles. The zero-order chi connectivity index (χ0) is 19.9. The van der Waals surface area contributed by atoms with Gasteiger partial charge >= 0.3 is 6.18 Å². The van der Waals surface area contributed by atoms with Gasteiger partial charge in [0.15, 0.2) is 6.61 Å². The first kappa shape index (κ1) is 22.0. The quantitative estimate of drug-likeness (QED) is 0.709. The minimum absolute atomic E-state index is 0.200. The molecule has 8 heteroatoms. The number of hydroxylamine groups is 1. The van der Waals surface area contributed by atoms with Crippen molar-refractivity contribution in [3.63, 3.8) is 0 Å². The molecule has 0 saturated heterocycles. The highest BCUT2D eigenvalue weighted by Gasteiger charge is 2.31. The molecule has 146 valence electrons. The van der Waals surface area contributed by atoms with Gasteiger partial charge in [0.25, 0.3) is 11.8 Å². The number of hydrogen-bond donors (Lipinski definition) is 1. The first-order valence-electron chi connectivity index (χ1n) is 8.37. The Bertz CT molecular complexity index is 606. The van der Waals surface area contributed by atoms with Gasteiger partial charge in [0.2, 0.25) is 0 Å². The summed E-state index contributed by atoms with van der Waals surface area (Å²) >= 11 is 0. The van der Waals surface area contributed by atoms with Gasteiger partial charge in [-0.25, -0.2) is 5.48 Å². The molecule has 5 nitrogen and oxygen atoms in total. The molecule has 0 fully saturated rings. The lowest BCUT2D eigenvalue weighted by Crippen LogP contribution is -2.40. The molecule has 0 aromatic heterocycles. The van der Waals surface area contributed by atoms with Crippen LogP contribution in [0.25, 0.3) is 0 Å². The Labute approximate surface area is 151 Å². The zero-order valence-corrected chi connectivity index (χ0v) is 15.4. The maximum atomic E-state index is 12.7. The Kier molecular flexibility index (Phi) is 8.08. The Morgan fingerprint density at radius 3 is 2.19 bits per heavy atom. The van der Waals surface area contributed by atoms with E-state index in [2.05, 4.69) is 0 Å². The summed E-state index contributed by atoms with van der Waals surface area (Å²) in [6.45, 7) is 8.66. The molecule has 0 saturated carbocycles. The molecule has 2 amide bonds. The summed E-state index contributed by atoms with van der Waals surface area (Å²) < 4.78 is 38.0. The minimum Gasteiger partial charge on any atom is -0.340 e. The summed E-state index contributed by atoms with van der Waals surface area (Å²) in [4.78, 5) is 30.7. The summed E-state index contributed by atoms with van der Waals surface area (Å²) in [6.07, 6.45) is -4.54. The number of rotatable bonds is 8. The standard InChI is InChI=1S/C18H25F3N2O3/c1-12(2)9-23(10-13(3)4)16(24)11-26-22-17(25)14-6-5-7-15(8-14)18(19,20)21/h5-8,12-13H,9-11H2,1-4H3,(H,22,25). The predicted molar refractivity (Wildman–Crippen MR) is 91.1 cm³/mol. The van der Waals surface area contributed by atoms with Gasteiger partial charge < -0.3 is 4.90 Å². The van der Waals surface area contributed by atoms with Crippen molar-refractivity contribution < 1.29 is 27.6 Å². The van der Waals surface area contributed by atoms with E-state index in [0.29, 0.717) is 13.1 Å². The van der Waals surface area contributed by atoms with Crippen LogP contribution in [0.5, 0.6) is 0 Å². The van der Waals surface area contributed by atoms with Gasteiger partial charge in [-0.15, -0.1) is 0 Å². The van der Waals surface area contributed by atoms with Crippen LogP contribution in [0, 0.1) is 11.8 Å². The largest absolute Gasteiger partial charge is 0.416 e. The van der Waals surface area contributed by atoms with Crippen molar-refractivity contribution in [2.24, 2.45) is 11.8 Å². The molecule has 26 heavy (non-hydrogen) atoms. The van der Waals surface area contributed by atoms with Crippen LogP contribution in [0.1, 0.15) is 43.6 Å². The molecule has 0 aliphatic carbocycles. The molecule has 0 heterocycles. The average Bonchev–Trinajstić information content (AvgIpc) is 2.52. The van der Waals surface area contributed by atoms with Crippen molar-refractivity contribution in [1.29, 1.82) is 0 Å². The Hall–Kier alpha value is -2.09. The highest BCUT2D eigenvalue weighted by atomic mass is 19.4. The fourth-order valence-electron chi connectivity index (χ4n) is 2.31. The Morgan fingerprint density at radius 2 is 1.69 bits per heavy atom. The number of alkyl halides is 3. The number of carbonyl (C=O) groups excluding carboxylic acids is 2. The van der Waals surface area contributed by atoms with Gasteiger partial charge in [0.05, 0.1) is 5.56 Å². The fourth-order valence-corrected chi connectivity index (χ4v) is 2.31. The van der Waals surface area contributed by atoms with E-state index in [9.17, 15) is 22.8 Å². The van der Waals surface area contributed by atoms with E-state index in [1.165, 1.54) is 6.07 Å². The second kappa shape index (κ2) is 9.56. The second-order valence-electron chi connectivity index (χ2n) is 6.88. The van der Waals surface area contributed by atoms with Crippen LogP contribution in [0.4, 0.5) is 13.2 Å². The van der Waals surface area contributed by atoms with Gasteiger partial charge in [0, 0.05) is 18.7 Å². The topological polar surface area (TPSA) is 58.6 Å². The summed E-state index contributed by atoms with van der Waals surface area (Å²) in [6, 6.07) is 3.97. The van der Waals surface area contributed by atoms with Crippen molar-refractivity contribution in [1.82, 2.24) is 10.4 Å². The minimum atomic E-state index is -4.54. The SMILES string of the molecule is CC(C)CN(CC(C)C)C(=O)CONC(=O)c1cccc(C(F)(F)F)c1. The lowest BCUT2D eigenvalue weighted by molar-refractivity contribution is -0.139. The molecule has 1 N–H and O–H groups in total. The first-order valence-corrected chi connectivity index (χ1v) is 8.37. The molecule has 0 spiro atoms. The number of hydrogen-bond acceptors (Lipinski definition) is 3. The van der Waals surface area contributed by atoms with Crippen LogP contribution in [-0.4, -0.2) is 36.4 Å². The third-order valence-electron chi connectivity index (χ3n) is 3.34. The number of benzene rings is 1. The lowest BCUT2D eigenvalue weighted by atomic mass is 10.1. The molecular formula is C18H25F3N2O3. The molecule has 1 rings (SSSR count). The number of nitrogens with one attached hydrogen (secondary N) is 1. The highest BCUT2D eigenvalue weighted by molar-refractivity contribution is 5.93. The third kappa shape index (κ3) is 7.43. The summed E-state index contributed by atoms with van der Waals surface area (Å²) in [5.41, 5.74) is 0.886. The summed E-state index contributed by atoms with van der Waals surface area (Å²) in [5.74, 6) is -0.588. The number of amides is 2. The monoisotopic (exact) mass is 374 g/mol. The molecule has 0 bridgehead atoms. The highest BCUT2D eigenvalue weighted by Crippen LogP contribution is 2.29. The number of halogens is 3. The van der Waals surface area contributed by atoms with Crippen LogP contribution >= 0.6 is 0 Å². The van der Waals surface area contributed by atoms with E-state index in [-0.39, 0.29) is 29.9 Å². The second-order valence-corrected chi connectivity index (χ2v) is 6.88. The predicted octanol–water partition coefficient (Wildman–Crippen LogP) is 3.51. The first-order chi connectivity index (χ1) is 12.0. The van der Waals surface area contributed by atoms with E-state index in [0.717, 1.165) is 18.2 Å². The van der Waals surface area contributed by atoms with E-state index >= 15 is 0 Å². The van der Waals surface area contributed by atoms with Crippen LogP contribution in [0.2, 0.25) is 0 Å². The molecule has 0 aliphatic rings. The van der Waals surface area contributed by atoms with Gasteiger partial charge in [-0.2, -0.15) is 13.2 Å². The molecule has 0 atom stereocenters.